The van der Waals surface area contributed by atoms with Crippen LogP contribution in [0.1, 0.15) is 18.0 Å². The number of nitrogens with one attached hydrogen (secondary N) is 1. The first-order chi connectivity index (χ1) is 9.80. The van der Waals surface area contributed by atoms with Crippen molar-refractivity contribution in [3.63, 3.8) is 0 Å². The van der Waals surface area contributed by atoms with Crippen LogP contribution < -0.4 is 14.8 Å². The lowest BCUT2D eigenvalue weighted by atomic mass is 9.99. The molecule has 1 atom stereocenters. The standard InChI is InChI=1S/C16H24N2O2/c1-4-5-15(18-10-8-17-9-11-18)14-7-6-13(19-2)12-16(14)20-3/h4,6-7,12,15,17H,1,5,8-11H2,2-3H3/t15-/m1/s1. The number of benzene rings is 1. The van der Waals surface area contributed by atoms with Crippen molar-refractivity contribution in [2.75, 3.05) is 40.4 Å². The molecule has 110 valence electrons. The number of hydrogen-bond donors (Lipinski definition) is 1. The summed E-state index contributed by atoms with van der Waals surface area (Å²) in [5, 5.41) is 3.39. The lowest BCUT2D eigenvalue weighted by Crippen LogP contribution is -2.45. The van der Waals surface area contributed by atoms with Gasteiger partial charge in [-0.05, 0) is 12.5 Å². The molecule has 0 unspecified atom stereocenters. The van der Waals surface area contributed by atoms with Gasteiger partial charge in [0.05, 0.1) is 14.2 Å². The molecule has 4 heteroatoms. The van der Waals surface area contributed by atoms with Crippen molar-refractivity contribution < 1.29 is 9.47 Å². The first kappa shape index (κ1) is 14.9. The lowest BCUT2D eigenvalue weighted by Gasteiger charge is -2.35. The maximum atomic E-state index is 5.55. The van der Waals surface area contributed by atoms with E-state index in [0.29, 0.717) is 6.04 Å². The summed E-state index contributed by atoms with van der Waals surface area (Å²) in [4.78, 5) is 2.49. The Morgan fingerprint density at radius 1 is 1.30 bits per heavy atom. The fourth-order valence-electron chi connectivity index (χ4n) is 2.72. The van der Waals surface area contributed by atoms with Crippen LogP contribution in [0.15, 0.2) is 30.9 Å². The van der Waals surface area contributed by atoms with Crippen molar-refractivity contribution in [2.24, 2.45) is 0 Å². The summed E-state index contributed by atoms with van der Waals surface area (Å²) in [7, 11) is 3.38. The molecule has 1 N–H and O–H groups in total. The third-order valence-corrected chi connectivity index (χ3v) is 3.78. The molecule has 0 aromatic heterocycles. The van der Waals surface area contributed by atoms with E-state index in [-0.39, 0.29) is 0 Å². The van der Waals surface area contributed by atoms with Crippen molar-refractivity contribution in [1.29, 1.82) is 0 Å². The Morgan fingerprint density at radius 2 is 2.05 bits per heavy atom. The zero-order valence-electron chi connectivity index (χ0n) is 12.4. The van der Waals surface area contributed by atoms with Crippen molar-refractivity contribution in [3.05, 3.63) is 36.4 Å². The Balaban J connectivity index is 2.29. The molecule has 1 fully saturated rings. The van der Waals surface area contributed by atoms with Crippen LogP contribution in [-0.4, -0.2) is 45.3 Å². The van der Waals surface area contributed by atoms with E-state index in [2.05, 4.69) is 22.9 Å². The van der Waals surface area contributed by atoms with Gasteiger partial charge in [0, 0.05) is 43.9 Å². The maximum absolute atomic E-state index is 5.55. The molecule has 0 radical (unpaired) electrons. The number of hydrogen-bond acceptors (Lipinski definition) is 4. The van der Waals surface area contributed by atoms with Crippen molar-refractivity contribution in [2.45, 2.75) is 12.5 Å². The second kappa shape index (κ2) is 7.31. The Kier molecular flexibility index (Phi) is 5.44. The Morgan fingerprint density at radius 3 is 2.65 bits per heavy atom. The zero-order chi connectivity index (χ0) is 14.4. The second-order valence-electron chi connectivity index (χ2n) is 4.93. The average molecular weight is 276 g/mol. The number of piperazine rings is 1. The van der Waals surface area contributed by atoms with Crippen molar-refractivity contribution >= 4 is 0 Å². The Labute approximate surface area is 121 Å². The number of methoxy groups -OCH3 is 2. The minimum Gasteiger partial charge on any atom is -0.497 e. The number of ether oxygens (including phenoxy) is 2. The molecule has 4 nitrogen and oxygen atoms in total. The van der Waals surface area contributed by atoms with Crippen LogP contribution in [0.4, 0.5) is 0 Å². The number of nitrogens with zero attached hydrogens (tertiary/aromatic N) is 1. The topological polar surface area (TPSA) is 33.7 Å². The summed E-state index contributed by atoms with van der Waals surface area (Å²) in [6.45, 7) is 8.07. The van der Waals surface area contributed by atoms with Crippen molar-refractivity contribution in [1.82, 2.24) is 10.2 Å². The summed E-state index contributed by atoms with van der Waals surface area (Å²) in [6.07, 6.45) is 2.90. The van der Waals surface area contributed by atoms with E-state index in [9.17, 15) is 0 Å². The highest BCUT2D eigenvalue weighted by Gasteiger charge is 2.24. The first-order valence-electron chi connectivity index (χ1n) is 7.07. The van der Waals surface area contributed by atoms with Gasteiger partial charge in [0.2, 0.25) is 0 Å². The van der Waals surface area contributed by atoms with Gasteiger partial charge in [0.1, 0.15) is 11.5 Å². The molecule has 1 saturated heterocycles. The van der Waals surface area contributed by atoms with Crippen LogP contribution in [0.5, 0.6) is 11.5 Å². The third-order valence-electron chi connectivity index (χ3n) is 3.78. The fourth-order valence-corrected chi connectivity index (χ4v) is 2.72. The zero-order valence-corrected chi connectivity index (χ0v) is 12.4. The van der Waals surface area contributed by atoms with Gasteiger partial charge >= 0.3 is 0 Å². The van der Waals surface area contributed by atoms with Crippen LogP contribution in [0, 0.1) is 0 Å². The van der Waals surface area contributed by atoms with Gasteiger partial charge < -0.3 is 14.8 Å². The smallest absolute Gasteiger partial charge is 0.127 e. The lowest BCUT2D eigenvalue weighted by molar-refractivity contribution is 0.171. The molecule has 0 aliphatic carbocycles. The largest absolute Gasteiger partial charge is 0.497 e. The van der Waals surface area contributed by atoms with Gasteiger partial charge in [0.25, 0.3) is 0 Å². The quantitative estimate of drug-likeness (QED) is 0.808. The van der Waals surface area contributed by atoms with Gasteiger partial charge in [-0.3, -0.25) is 4.90 Å². The van der Waals surface area contributed by atoms with E-state index in [0.717, 1.165) is 44.1 Å². The summed E-state index contributed by atoms with van der Waals surface area (Å²) >= 11 is 0. The Bertz CT molecular complexity index is 442. The van der Waals surface area contributed by atoms with Crippen LogP contribution in [0.25, 0.3) is 0 Å². The molecule has 1 aromatic carbocycles. The monoisotopic (exact) mass is 276 g/mol. The molecule has 1 aliphatic heterocycles. The van der Waals surface area contributed by atoms with Gasteiger partial charge in [-0.1, -0.05) is 12.1 Å². The maximum Gasteiger partial charge on any atom is 0.127 e. The molecule has 20 heavy (non-hydrogen) atoms. The highest BCUT2D eigenvalue weighted by Crippen LogP contribution is 2.34. The van der Waals surface area contributed by atoms with Crippen LogP contribution >= 0.6 is 0 Å². The van der Waals surface area contributed by atoms with E-state index in [1.54, 1.807) is 14.2 Å². The summed E-state index contributed by atoms with van der Waals surface area (Å²) in [5.41, 5.74) is 1.20. The molecule has 0 saturated carbocycles. The molecule has 1 heterocycles. The normalized spacial score (nSPS) is 17.5. The molecular formula is C16H24N2O2. The highest BCUT2D eigenvalue weighted by molar-refractivity contribution is 5.42. The average Bonchev–Trinajstić information content (AvgIpc) is 2.53. The SMILES string of the molecule is C=CC[C@H](c1ccc(OC)cc1OC)N1CCNCC1. The highest BCUT2D eigenvalue weighted by atomic mass is 16.5. The molecular weight excluding hydrogens is 252 g/mol. The van der Waals surface area contributed by atoms with Crippen LogP contribution in [0.2, 0.25) is 0 Å². The number of rotatable bonds is 6. The van der Waals surface area contributed by atoms with Gasteiger partial charge in [-0.25, -0.2) is 0 Å². The molecule has 0 amide bonds. The molecule has 1 aromatic rings. The van der Waals surface area contributed by atoms with E-state index in [1.807, 2.05) is 18.2 Å². The van der Waals surface area contributed by atoms with E-state index < -0.39 is 0 Å². The molecule has 0 spiro atoms. The van der Waals surface area contributed by atoms with Crippen LogP contribution in [0.3, 0.4) is 0 Å². The second-order valence-corrected chi connectivity index (χ2v) is 4.93. The van der Waals surface area contributed by atoms with E-state index >= 15 is 0 Å². The van der Waals surface area contributed by atoms with E-state index in [1.165, 1.54) is 5.56 Å². The first-order valence-corrected chi connectivity index (χ1v) is 7.07. The van der Waals surface area contributed by atoms with Crippen LogP contribution in [-0.2, 0) is 0 Å². The minimum atomic E-state index is 0.315. The van der Waals surface area contributed by atoms with Gasteiger partial charge in [0.15, 0.2) is 0 Å². The molecule has 0 bridgehead atoms. The van der Waals surface area contributed by atoms with Gasteiger partial charge in [-0.2, -0.15) is 0 Å². The molecule has 2 rings (SSSR count). The third kappa shape index (κ3) is 3.32. The Hall–Kier alpha value is -1.52. The predicted octanol–water partition coefficient (Wildman–Crippen LogP) is 2.23. The summed E-state index contributed by atoms with van der Waals surface area (Å²) in [6, 6.07) is 6.37. The van der Waals surface area contributed by atoms with Gasteiger partial charge in [-0.15, -0.1) is 6.58 Å². The predicted molar refractivity (Wildman–Crippen MR) is 81.5 cm³/mol. The summed E-state index contributed by atoms with van der Waals surface area (Å²) < 4.78 is 10.8. The minimum absolute atomic E-state index is 0.315. The summed E-state index contributed by atoms with van der Waals surface area (Å²) in [5.74, 6) is 1.71. The van der Waals surface area contributed by atoms with Crippen molar-refractivity contribution in [3.8, 4) is 11.5 Å². The fraction of sp³-hybridized carbons (Fsp3) is 0.500. The van der Waals surface area contributed by atoms with E-state index in [4.69, 9.17) is 9.47 Å². The molecule has 1 aliphatic rings.